The van der Waals surface area contributed by atoms with E-state index >= 15 is 0 Å². The van der Waals surface area contributed by atoms with Crippen molar-refractivity contribution in [2.24, 2.45) is 0 Å². The highest BCUT2D eigenvalue weighted by Gasteiger charge is 2.17. The Morgan fingerprint density at radius 1 is 0.250 bits per heavy atom. The molecule has 10 aromatic carbocycles. The zero-order valence-electron chi connectivity index (χ0n) is 32.9. The maximum absolute atomic E-state index is 2.39. The first kappa shape index (κ1) is 35.6. The summed E-state index contributed by atoms with van der Waals surface area (Å²) in [6.07, 6.45) is 0. The van der Waals surface area contributed by atoms with E-state index < -0.39 is 0 Å². The normalized spacial score (nSPS) is 11.3. The van der Waals surface area contributed by atoms with Gasteiger partial charge in [-0.2, -0.15) is 0 Å². The Morgan fingerprint density at radius 3 is 1.38 bits per heavy atom. The quantitative estimate of drug-likeness (QED) is 0.148. The Bertz CT molecular complexity index is 3290. The third-order valence-corrected chi connectivity index (χ3v) is 12.8. The molecule has 0 amide bonds. The molecule has 0 aliphatic rings. The molecule has 0 spiro atoms. The smallest absolute Gasteiger partial charge is 0.0476 e. The Balaban J connectivity index is 0.982. The van der Waals surface area contributed by atoms with Gasteiger partial charge in [0, 0.05) is 37.2 Å². The van der Waals surface area contributed by atoms with Crippen LogP contribution >= 0.6 is 11.3 Å². The van der Waals surface area contributed by atoms with Gasteiger partial charge in [-0.25, -0.2) is 0 Å². The lowest BCUT2D eigenvalue weighted by Gasteiger charge is -2.26. The fourth-order valence-corrected chi connectivity index (χ4v) is 9.92. The van der Waals surface area contributed by atoms with E-state index in [2.05, 4.69) is 241 Å². The number of fused-ring (bicyclic) bond motifs is 4. The van der Waals surface area contributed by atoms with Crippen molar-refractivity contribution < 1.29 is 0 Å². The molecule has 0 aliphatic carbocycles. The van der Waals surface area contributed by atoms with Crippen LogP contribution in [-0.4, -0.2) is 0 Å². The van der Waals surface area contributed by atoms with Gasteiger partial charge in [0.15, 0.2) is 0 Å². The average molecular weight is 782 g/mol. The second kappa shape index (κ2) is 15.3. The summed E-state index contributed by atoms with van der Waals surface area (Å²) in [5, 5.41) is 5.10. The van der Waals surface area contributed by atoms with Crippen molar-refractivity contribution in [1.29, 1.82) is 0 Å². The highest BCUT2D eigenvalue weighted by Crippen LogP contribution is 2.43. The molecule has 60 heavy (non-hydrogen) atoms. The Morgan fingerprint density at radius 2 is 0.717 bits per heavy atom. The third kappa shape index (κ3) is 6.54. The van der Waals surface area contributed by atoms with Crippen molar-refractivity contribution in [1.82, 2.24) is 0 Å². The number of benzene rings is 10. The Labute approximate surface area is 354 Å². The molecule has 1 nitrogen and oxygen atoms in total. The van der Waals surface area contributed by atoms with Crippen molar-refractivity contribution in [2.75, 3.05) is 4.90 Å². The van der Waals surface area contributed by atoms with Crippen molar-refractivity contribution in [3.05, 3.63) is 237 Å². The van der Waals surface area contributed by atoms with E-state index in [1.807, 2.05) is 11.3 Å². The molecule has 0 saturated heterocycles. The van der Waals surface area contributed by atoms with E-state index in [1.165, 1.54) is 86.6 Å². The summed E-state index contributed by atoms with van der Waals surface area (Å²) in [6, 6.07) is 86.1. The first-order chi connectivity index (χ1) is 29.7. The van der Waals surface area contributed by atoms with Crippen molar-refractivity contribution in [3.8, 4) is 55.6 Å². The lowest BCUT2D eigenvalue weighted by molar-refractivity contribution is 1.29. The molecule has 1 aromatic heterocycles. The lowest BCUT2D eigenvalue weighted by Crippen LogP contribution is -2.09. The first-order valence-electron chi connectivity index (χ1n) is 20.5. The molecule has 0 atom stereocenters. The SMILES string of the molecule is c1ccc(-c2ccccc2-c2ccccc2-c2ccc(N(c3ccc(-c4ccc5c(-c6ccccc6)cccc5c4)cc3)c3ccc4c(c3)sc3ccccc34)cc2)cc1. The fourth-order valence-electron chi connectivity index (χ4n) is 8.78. The number of nitrogens with zero attached hydrogens (tertiary/aromatic N) is 1. The number of hydrogen-bond acceptors (Lipinski definition) is 2. The number of thiophene rings is 1. The van der Waals surface area contributed by atoms with Crippen molar-refractivity contribution in [3.63, 3.8) is 0 Å². The van der Waals surface area contributed by atoms with Gasteiger partial charge in [-0.1, -0.05) is 188 Å². The van der Waals surface area contributed by atoms with Crippen LogP contribution in [0.4, 0.5) is 17.1 Å². The van der Waals surface area contributed by atoms with Crippen LogP contribution in [0.5, 0.6) is 0 Å². The predicted molar refractivity (Wildman–Crippen MR) is 259 cm³/mol. The summed E-state index contributed by atoms with van der Waals surface area (Å²) in [7, 11) is 0. The second-order valence-electron chi connectivity index (χ2n) is 15.3. The van der Waals surface area contributed by atoms with E-state index in [0.717, 1.165) is 17.1 Å². The summed E-state index contributed by atoms with van der Waals surface area (Å²) in [5.41, 5.74) is 15.5. The van der Waals surface area contributed by atoms with E-state index in [4.69, 9.17) is 0 Å². The average Bonchev–Trinajstić information content (AvgIpc) is 3.70. The van der Waals surface area contributed by atoms with Crippen LogP contribution in [0, 0.1) is 0 Å². The van der Waals surface area contributed by atoms with Gasteiger partial charge in [0.05, 0.1) is 0 Å². The molecule has 1 heterocycles. The Kier molecular flexibility index (Phi) is 9.11. The van der Waals surface area contributed by atoms with Crippen LogP contribution in [-0.2, 0) is 0 Å². The van der Waals surface area contributed by atoms with Gasteiger partial charge in [-0.15, -0.1) is 11.3 Å². The third-order valence-electron chi connectivity index (χ3n) is 11.7. The van der Waals surface area contributed by atoms with Crippen LogP contribution in [0.2, 0.25) is 0 Å². The second-order valence-corrected chi connectivity index (χ2v) is 16.4. The van der Waals surface area contributed by atoms with Gasteiger partial charge in [-0.3, -0.25) is 0 Å². The molecule has 0 radical (unpaired) electrons. The topological polar surface area (TPSA) is 3.24 Å². The van der Waals surface area contributed by atoms with Crippen LogP contribution in [0.25, 0.3) is 86.6 Å². The molecule has 0 aliphatic heterocycles. The zero-order chi connectivity index (χ0) is 39.8. The van der Waals surface area contributed by atoms with Crippen LogP contribution in [0.1, 0.15) is 0 Å². The van der Waals surface area contributed by atoms with Gasteiger partial charge < -0.3 is 4.90 Å². The van der Waals surface area contributed by atoms with Crippen LogP contribution in [0.15, 0.2) is 237 Å². The summed E-state index contributed by atoms with van der Waals surface area (Å²) < 4.78 is 2.59. The molecule has 0 fully saturated rings. The first-order valence-corrected chi connectivity index (χ1v) is 21.3. The van der Waals surface area contributed by atoms with Gasteiger partial charge in [0.25, 0.3) is 0 Å². The van der Waals surface area contributed by atoms with Crippen molar-refractivity contribution in [2.45, 2.75) is 0 Å². The van der Waals surface area contributed by atoms with Gasteiger partial charge in [0.2, 0.25) is 0 Å². The monoisotopic (exact) mass is 781 g/mol. The summed E-state index contributed by atoms with van der Waals surface area (Å²) in [6.45, 7) is 0. The van der Waals surface area contributed by atoms with Gasteiger partial charge >= 0.3 is 0 Å². The summed E-state index contributed by atoms with van der Waals surface area (Å²) in [4.78, 5) is 2.39. The number of hydrogen-bond donors (Lipinski definition) is 0. The molecular formula is C58H39NS. The molecule has 0 N–H and O–H groups in total. The van der Waals surface area contributed by atoms with Crippen molar-refractivity contribution >= 4 is 59.3 Å². The van der Waals surface area contributed by atoms with Crippen LogP contribution < -0.4 is 4.90 Å². The molecule has 2 heteroatoms. The van der Waals surface area contributed by atoms with E-state index in [-0.39, 0.29) is 0 Å². The molecule has 282 valence electrons. The highest BCUT2D eigenvalue weighted by molar-refractivity contribution is 7.25. The predicted octanol–water partition coefficient (Wildman–Crippen LogP) is 17.0. The van der Waals surface area contributed by atoms with E-state index in [0.29, 0.717) is 0 Å². The Hall–Kier alpha value is -7.52. The standard InChI is InChI=1S/C58H39NS/c1-3-14-41(15-4-1)49-24-13-18-45-38-44(30-36-52(45)49)40-26-31-46(32-27-40)59(48-35-37-56-55-23-11-12-25-57(55)60-58(56)39-48)47-33-28-43(29-34-47)51-20-8-10-22-54(51)53-21-9-7-19-50(53)42-16-5-2-6-17-42/h1-39H. The van der Waals surface area contributed by atoms with Gasteiger partial charge in [0.1, 0.15) is 0 Å². The maximum Gasteiger partial charge on any atom is 0.0476 e. The molecule has 11 aromatic rings. The fraction of sp³-hybridized carbons (Fsp3) is 0. The number of anilines is 3. The number of rotatable bonds is 8. The highest BCUT2D eigenvalue weighted by atomic mass is 32.1. The maximum atomic E-state index is 2.39. The minimum Gasteiger partial charge on any atom is -0.310 e. The van der Waals surface area contributed by atoms with Gasteiger partial charge in [-0.05, 0) is 115 Å². The summed E-state index contributed by atoms with van der Waals surface area (Å²) in [5.74, 6) is 0. The van der Waals surface area contributed by atoms with E-state index in [1.54, 1.807) is 0 Å². The molecular weight excluding hydrogens is 743 g/mol. The summed E-state index contributed by atoms with van der Waals surface area (Å²) >= 11 is 1.86. The molecule has 0 bridgehead atoms. The minimum atomic E-state index is 1.10. The molecule has 0 unspecified atom stereocenters. The lowest BCUT2D eigenvalue weighted by atomic mass is 9.89. The minimum absolute atomic E-state index is 1.10. The largest absolute Gasteiger partial charge is 0.310 e. The molecule has 11 rings (SSSR count). The zero-order valence-corrected chi connectivity index (χ0v) is 33.7. The molecule has 0 saturated carbocycles. The van der Waals surface area contributed by atoms with Crippen LogP contribution in [0.3, 0.4) is 0 Å². The van der Waals surface area contributed by atoms with E-state index in [9.17, 15) is 0 Å².